The van der Waals surface area contributed by atoms with Crippen LogP contribution in [0.15, 0.2) is 18.2 Å². The molecule has 2 rings (SSSR count). The summed E-state index contributed by atoms with van der Waals surface area (Å²) >= 11 is 0. The Hall–Kier alpha value is -1.91. The molecule has 1 amide bonds. The smallest absolute Gasteiger partial charge is 0.407 e. The summed E-state index contributed by atoms with van der Waals surface area (Å²) < 4.78 is 9.79. The molecule has 1 heterocycles. The van der Waals surface area contributed by atoms with E-state index in [1.807, 2.05) is 0 Å². The molecule has 16 heavy (non-hydrogen) atoms. The number of phenolic OH excluding ortho intramolecular Hbond substituents is 1. The molecule has 0 aliphatic carbocycles. The number of hydrogen-bond donors (Lipinski definition) is 2. The van der Waals surface area contributed by atoms with Crippen molar-refractivity contribution in [2.75, 3.05) is 13.7 Å². The number of carbonyl (C=O) groups is 1. The van der Waals surface area contributed by atoms with Crippen molar-refractivity contribution in [3.05, 3.63) is 23.8 Å². The topological polar surface area (TPSA) is 67.8 Å². The SMILES string of the molecule is COc1cc([C@H]2CCOC(=O)N2)ccc1O. The number of amides is 1. The van der Waals surface area contributed by atoms with Gasteiger partial charge in [0.15, 0.2) is 11.5 Å². The molecule has 1 aliphatic rings. The molecule has 5 heteroatoms. The van der Waals surface area contributed by atoms with Crippen molar-refractivity contribution in [2.45, 2.75) is 12.5 Å². The Bertz CT molecular complexity index is 405. The molecule has 1 aromatic carbocycles. The van der Waals surface area contributed by atoms with Crippen molar-refractivity contribution in [1.82, 2.24) is 5.32 Å². The lowest BCUT2D eigenvalue weighted by atomic mass is 10.0. The Morgan fingerprint density at radius 3 is 3.06 bits per heavy atom. The molecular weight excluding hydrogens is 210 g/mol. The number of methoxy groups -OCH3 is 1. The first-order valence-corrected chi connectivity index (χ1v) is 5.01. The molecule has 0 aromatic heterocycles. The first-order chi connectivity index (χ1) is 7.70. The van der Waals surface area contributed by atoms with Crippen LogP contribution < -0.4 is 10.1 Å². The van der Waals surface area contributed by atoms with E-state index in [9.17, 15) is 9.90 Å². The normalized spacial score (nSPS) is 19.8. The highest BCUT2D eigenvalue weighted by Gasteiger charge is 2.21. The second kappa shape index (κ2) is 4.30. The maximum atomic E-state index is 11.1. The van der Waals surface area contributed by atoms with Crippen LogP contribution in [-0.4, -0.2) is 24.9 Å². The number of hydrogen-bond acceptors (Lipinski definition) is 4. The van der Waals surface area contributed by atoms with E-state index >= 15 is 0 Å². The summed E-state index contributed by atoms with van der Waals surface area (Å²) in [5.74, 6) is 0.489. The Kier molecular flexibility index (Phi) is 2.85. The minimum atomic E-state index is -0.414. The Labute approximate surface area is 93.0 Å². The Balaban J connectivity index is 2.22. The van der Waals surface area contributed by atoms with Gasteiger partial charge in [-0.3, -0.25) is 0 Å². The summed E-state index contributed by atoms with van der Waals surface area (Å²) in [7, 11) is 1.49. The van der Waals surface area contributed by atoms with Gasteiger partial charge in [0, 0.05) is 6.42 Å². The average molecular weight is 223 g/mol. The van der Waals surface area contributed by atoms with E-state index in [1.165, 1.54) is 7.11 Å². The van der Waals surface area contributed by atoms with Crippen LogP contribution in [0.5, 0.6) is 11.5 Å². The number of alkyl carbamates (subject to hydrolysis) is 1. The molecule has 1 aromatic rings. The van der Waals surface area contributed by atoms with E-state index in [2.05, 4.69) is 5.32 Å². The second-order valence-corrected chi connectivity index (χ2v) is 3.55. The molecule has 1 atom stereocenters. The second-order valence-electron chi connectivity index (χ2n) is 3.55. The van der Waals surface area contributed by atoms with Crippen molar-refractivity contribution in [3.8, 4) is 11.5 Å². The predicted molar refractivity (Wildman–Crippen MR) is 56.5 cm³/mol. The molecule has 5 nitrogen and oxygen atoms in total. The zero-order valence-corrected chi connectivity index (χ0v) is 8.90. The highest BCUT2D eigenvalue weighted by molar-refractivity contribution is 5.68. The summed E-state index contributed by atoms with van der Waals surface area (Å²) in [6.45, 7) is 0.402. The van der Waals surface area contributed by atoms with Gasteiger partial charge < -0.3 is 19.9 Å². The zero-order chi connectivity index (χ0) is 11.5. The largest absolute Gasteiger partial charge is 0.504 e. The highest BCUT2D eigenvalue weighted by Crippen LogP contribution is 2.30. The van der Waals surface area contributed by atoms with Gasteiger partial charge in [-0.05, 0) is 17.7 Å². The molecule has 0 unspecified atom stereocenters. The maximum absolute atomic E-state index is 11.1. The molecule has 1 fully saturated rings. The standard InChI is InChI=1S/C11H13NO4/c1-15-10-6-7(2-3-9(10)13)8-4-5-16-11(14)12-8/h2-3,6,8,13H,4-5H2,1H3,(H,12,14)/t8-/m1/s1. The van der Waals surface area contributed by atoms with E-state index in [1.54, 1.807) is 18.2 Å². The van der Waals surface area contributed by atoms with Gasteiger partial charge in [0.05, 0.1) is 19.8 Å². The lowest BCUT2D eigenvalue weighted by molar-refractivity contribution is 0.115. The van der Waals surface area contributed by atoms with Crippen LogP contribution in [0.3, 0.4) is 0 Å². The van der Waals surface area contributed by atoms with Crippen LogP contribution in [0.25, 0.3) is 0 Å². The third-order valence-corrected chi connectivity index (χ3v) is 2.54. The van der Waals surface area contributed by atoms with Crippen molar-refractivity contribution in [2.24, 2.45) is 0 Å². The molecule has 1 saturated heterocycles. The Morgan fingerprint density at radius 2 is 2.38 bits per heavy atom. The van der Waals surface area contributed by atoms with Gasteiger partial charge in [0.1, 0.15) is 0 Å². The third-order valence-electron chi connectivity index (χ3n) is 2.54. The van der Waals surface area contributed by atoms with Gasteiger partial charge in [0.2, 0.25) is 0 Å². The zero-order valence-electron chi connectivity index (χ0n) is 8.90. The fourth-order valence-corrected chi connectivity index (χ4v) is 1.69. The van der Waals surface area contributed by atoms with Gasteiger partial charge in [-0.15, -0.1) is 0 Å². The molecule has 0 saturated carbocycles. The Morgan fingerprint density at radius 1 is 1.56 bits per heavy atom. The van der Waals surface area contributed by atoms with Crippen molar-refractivity contribution >= 4 is 6.09 Å². The number of cyclic esters (lactones) is 1. The third kappa shape index (κ3) is 2.03. The van der Waals surface area contributed by atoms with Gasteiger partial charge >= 0.3 is 6.09 Å². The molecule has 0 bridgehead atoms. The first kappa shape index (κ1) is 10.6. The van der Waals surface area contributed by atoms with Crippen LogP contribution >= 0.6 is 0 Å². The van der Waals surface area contributed by atoms with Crippen LogP contribution in [0, 0.1) is 0 Å². The van der Waals surface area contributed by atoms with E-state index in [0.29, 0.717) is 18.8 Å². The summed E-state index contributed by atoms with van der Waals surface area (Å²) in [5, 5.41) is 12.2. The van der Waals surface area contributed by atoms with Crippen molar-refractivity contribution in [3.63, 3.8) is 0 Å². The van der Waals surface area contributed by atoms with Crippen molar-refractivity contribution < 1.29 is 19.4 Å². The van der Waals surface area contributed by atoms with Crippen LogP contribution in [0.1, 0.15) is 18.0 Å². The molecule has 0 radical (unpaired) electrons. The predicted octanol–water partition coefficient (Wildman–Crippen LogP) is 1.57. The summed E-state index contributed by atoms with van der Waals surface area (Å²) in [6.07, 6.45) is 0.294. The van der Waals surface area contributed by atoms with Gasteiger partial charge in [-0.1, -0.05) is 6.07 Å². The number of carbonyl (C=O) groups excluding carboxylic acids is 1. The lowest BCUT2D eigenvalue weighted by Crippen LogP contribution is -2.35. The van der Waals surface area contributed by atoms with E-state index in [4.69, 9.17) is 9.47 Å². The summed E-state index contributed by atoms with van der Waals surface area (Å²) in [6, 6.07) is 4.94. The molecule has 1 aliphatic heterocycles. The van der Waals surface area contributed by atoms with Crippen LogP contribution in [0.2, 0.25) is 0 Å². The fourth-order valence-electron chi connectivity index (χ4n) is 1.69. The van der Waals surface area contributed by atoms with E-state index in [0.717, 1.165) is 5.56 Å². The first-order valence-electron chi connectivity index (χ1n) is 5.01. The summed E-state index contributed by atoms with van der Waals surface area (Å²) in [4.78, 5) is 11.1. The highest BCUT2D eigenvalue weighted by atomic mass is 16.5. The number of nitrogens with one attached hydrogen (secondary N) is 1. The van der Waals surface area contributed by atoms with Gasteiger partial charge in [-0.25, -0.2) is 4.79 Å². The average Bonchev–Trinajstić information content (AvgIpc) is 2.29. The van der Waals surface area contributed by atoms with Crippen LogP contribution in [0.4, 0.5) is 4.79 Å². The van der Waals surface area contributed by atoms with Crippen LogP contribution in [-0.2, 0) is 4.74 Å². The fraction of sp³-hybridized carbons (Fsp3) is 0.364. The molecule has 0 spiro atoms. The lowest BCUT2D eigenvalue weighted by Gasteiger charge is -2.24. The maximum Gasteiger partial charge on any atom is 0.407 e. The van der Waals surface area contributed by atoms with E-state index < -0.39 is 6.09 Å². The number of aromatic hydroxyl groups is 1. The summed E-state index contributed by atoms with van der Waals surface area (Å²) in [5.41, 5.74) is 0.895. The molecule has 2 N–H and O–H groups in total. The van der Waals surface area contributed by atoms with E-state index in [-0.39, 0.29) is 11.8 Å². The minimum Gasteiger partial charge on any atom is -0.504 e. The van der Waals surface area contributed by atoms with Crippen molar-refractivity contribution in [1.29, 1.82) is 0 Å². The number of phenols is 1. The number of rotatable bonds is 2. The number of benzene rings is 1. The monoisotopic (exact) mass is 223 g/mol. The molecule has 86 valence electrons. The quantitative estimate of drug-likeness (QED) is 0.798. The van der Waals surface area contributed by atoms with Gasteiger partial charge in [-0.2, -0.15) is 0 Å². The molecular formula is C11H13NO4. The van der Waals surface area contributed by atoms with Gasteiger partial charge in [0.25, 0.3) is 0 Å². The minimum absolute atomic E-state index is 0.0873. The number of ether oxygens (including phenoxy) is 2.